The number of nitrogens with one attached hydrogen (secondary N) is 1. The molecule has 2 heterocycles. The van der Waals surface area contributed by atoms with Gasteiger partial charge in [0.2, 0.25) is 11.8 Å². The molecule has 1 aromatic heterocycles. The molecule has 4 rings (SSSR count). The van der Waals surface area contributed by atoms with Gasteiger partial charge in [-0.05, 0) is 54.4 Å². The molecule has 7 heteroatoms. The molecule has 0 bridgehead atoms. The normalized spacial score (nSPS) is 15.6. The van der Waals surface area contributed by atoms with E-state index in [1.54, 1.807) is 25.3 Å². The number of amides is 2. The molecule has 1 saturated heterocycles. The van der Waals surface area contributed by atoms with Crippen LogP contribution in [0.4, 0.5) is 10.1 Å². The van der Waals surface area contributed by atoms with Gasteiger partial charge < -0.3 is 15.0 Å². The van der Waals surface area contributed by atoms with Crippen LogP contribution >= 0.6 is 0 Å². The molecular formula is C25H24FN3O3. The Balaban J connectivity index is 1.32. The fourth-order valence-electron chi connectivity index (χ4n) is 3.67. The van der Waals surface area contributed by atoms with Gasteiger partial charge >= 0.3 is 0 Å². The highest BCUT2D eigenvalue weighted by Gasteiger charge is 2.36. The number of anilines is 1. The van der Waals surface area contributed by atoms with Crippen molar-refractivity contribution < 1.29 is 18.7 Å². The SMILES string of the molecule is Cc1ccc(N2CC(C(=O)NCc3cccc(OCc4ccccn4)c3)CC2=O)c(F)c1. The molecule has 1 fully saturated rings. The second kappa shape index (κ2) is 9.60. The van der Waals surface area contributed by atoms with Gasteiger partial charge in [-0.15, -0.1) is 0 Å². The maximum absolute atomic E-state index is 14.3. The summed E-state index contributed by atoms with van der Waals surface area (Å²) in [5.41, 5.74) is 2.70. The van der Waals surface area contributed by atoms with Crippen LogP contribution in [0, 0.1) is 18.7 Å². The Morgan fingerprint density at radius 1 is 1.19 bits per heavy atom. The van der Waals surface area contributed by atoms with Crippen molar-refractivity contribution in [2.24, 2.45) is 5.92 Å². The van der Waals surface area contributed by atoms with Crippen LogP contribution in [0.3, 0.4) is 0 Å². The van der Waals surface area contributed by atoms with E-state index in [2.05, 4.69) is 10.3 Å². The van der Waals surface area contributed by atoms with Gasteiger partial charge in [0.15, 0.2) is 0 Å². The van der Waals surface area contributed by atoms with E-state index in [0.29, 0.717) is 18.9 Å². The first kappa shape index (κ1) is 21.5. The molecule has 164 valence electrons. The van der Waals surface area contributed by atoms with Crippen LogP contribution in [0.25, 0.3) is 0 Å². The number of halogens is 1. The van der Waals surface area contributed by atoms with Crippen molar-refractivity contribution in [2.75, 3.05) is 11.4 Å². The van der Waals surface area contributed by atoms with Crippen molar-refractivity contribution in [3.05, 3.63) is 89.5 Å². The number of nitrogens with zero attached hydrogens (tertiary/aromatic N) is 2. The molecule has 1 unspecified atom stereocenters. The molecule has 1 aliphatic heterocycles. The van der Waals surface area contributed by atoms with Crippen LogP contribution in [0.15, 0.2) is 66.9 Å². The zero-order chi connectivity index (χ0) is 22.5. The lowest BCUT2D eigenvalue weighted by molar-refractivity contribution is -0.126. The summed E-state index contributed by atoms with van der Waals surface area (Å²) in [6.45, 7) is 2.61. The van der Waals surface area contributed by atoms with E-state index in [4.69, 9.17) is 4.74 Å². The highest BCUT2D eigenvalue weighted by Crippen LogP contribution is 2.28. The summed E-state index contributed by atoms with van der Waals surface area (Å²) in [7, 11) is 0. The van der Waals surface area contributed by atoms with Gasteiger partial charge in [0.25, 0.3) is 0 Å². The van der Waals surface area contributed by atoms with E-state index in [1.165, 1.54) is 11.0 Å². The van der Waals surface area contributed by atoms with Crippen LogP contribution in [0.5, 0.6) is 5.75 Å². The molecule has 32 heavy (non-hydrogen) atoms. The Labute approximate surface area is 186 Å². The zero-order valence-electron chi connectivity index (χ0n) is 17.8. The van der Waals surface area contributed by atoms with E-state index >= 15 is 0 Å². The third-order valence-corrected chi connectivity index (χ3v) is 5.37. The topological polar surface area (TPSA) is 71.5 Å². The Bertz CT molecular complexity index is 1120. The van der Waals surface area contributed by atoms with Gasteiger partial charge in [-0.3, -0.25) is 14.6 Å². The van der Waals surface area contributed by atoms with Gasteiger partial charge in [-0.2, -0.15) is 0 Å². The minimum atomic E-state index is -0.521. The van der Waals surface area contributed by atoms with Gasteiger partial charge in [-0.25, -0.2) is 4.39 Å². The van der Waals surface area contributed by atoms with Crippen LogP contribution < -0.4 is 15.0 Å². The van der Waals surface area contributed by atoms with E-state index in [9.17, 15) is 14.0 Å². The van der Waals surface area contributed by atoms with Crippen LogP contribution in [0.1, 0.15) is 23.2 Å². The van der Waals surface area contributed by atoms with Crippen LogP contribution in [0.2, 0.25) is 0 Å². The zero-order valence-corrected chi connectivity index (χ0v) is 17.8. The Morgan fingerprint density at radius 2 is 2.06 bits per heavy atom. The van der Waals surface area contributed by atoms with Crippen molar-refractivity contribution in [2.45, 2.75) is 26.5 Å². The first-order valence-electron chi connectivity index (χ1n) is 10.5. The summed E-state index contributed by atoms with van der Waals surface area (Å²) >= 11 is 0. The predicted molar refractivity (Wildman–Crippen MR) is 118 cm³/mol. The van der Waals surface area contributed by atoms with Crippen LogP contribution in [-0.2, 0) is 22.7 Å². The monoisotopic (exact) mass is 433 g/mol. The number of rotatable bonds is 7. The average molecular weight is 433 g/mol. The number of ether oxygens (including phenoxy) is 1. The second-order valence-electron chi connectivity index (χ2n) is 7.84. The predicted octanol–water partition coefficient (Wildman–Crippen LogP) is 3.78. The standard InChI is InChI=1S/C25H24FN3O3/c1-17-8-9-23(22(26)11-17)29-15-19(13-24(29)30)25(31)28-14-18-5-4-7-21(12-18)32-16-20-6-2-3-10-27-20/h2-12,19H,13-16H2,1H3,(H,28,31). The van der Waals surface area contributed by atoms with Gasteiger partial charge in [0.1, 0.15) is 18.2 Å². The van der Waals surface area contributed by atoms with Gasteiger partial charge in [0, 0.05) is 25.7 Å². The molecule has 1 N–H and O–H groups in total. The summed E-state index contributed by atoms with van der Waals surface area (Å²) in [6, 6.07) is 17.8. The van der Waals surface area contributed by atoms with E-state index in [0.717, 1.165) is 16.8 Å². The Morgan fingerprint density at radius 3 is 2.84 bits per heavy atom. The maximum atomic E-state index is 14.3. The summed E-state index contributed by atoms with van der Waals surface area (Å²) in [4.78, 5) is 30.6. The third-order valence-electron chi connectivity index (χ3n) is 5.37. The van der Waals surface area contributed by atoms with E-state index in [1.807, 2.05) is 42.5 Å². The van der Waals surface area contributed by atoms with Crippen molar-refractivity contribution in [1.82, 2.24) is 10.3 Å². The number of carbonyl (C=O) groups excluding carboxylic acids is 2. The number of hydrogen-bond acceptors (Lipinski definition) is 4. The molecule has 0 aliphatic carbocycles. The lowest BCUT2D eigenvalue weighted by atomic mass is 10.1. The molecule has 3 aromatic rings. The highest BCUT2D eigenvalue weighted by atomic mass is 19.1. The molecule has 2 amide bonds. The average Bonchev–Trinajstić information content (AvgIpc) is 3.18. The number of pyridine rings is 1. The molecule has 1 aliphatic rings. The molecule has 1 atom stereocenters. The molecule has 0 saturated carbocycles. The van der Waals surface area contributed by atoms with Gasteiger partial charge in [0.05, 0.1) is 17.3 Å². The summed E-state index contributed by atoms with van der Waals surface area (Å²) in [5, 5.41) is 2.88. The minimum Gasteiger partial charge on any atom is -0.487 e. The lowest BCUT2D eigenvalue weighted by Gasteiger charge is -2.18. The Kier molecular flexibility index (Phi) is 6.44. The van der Waals surface area contributed by atoms with E-state index < -0.39 is 11.7 Å². The highest BCUT2D eigenvalue weighted by molar-refractivity contribution is 6.00. The first-order valence-corrected chi connectivity index (χ1v) is 10.5. The minimum absolute atomic E-state index is 0.0619. The van der Waals surface area contributed by atoms with E-state index in [-0.39, 0.29) is 30.5 Å². The van der Waals surface area contributed by atoms with Crippen molar-refractivity contribution >= 4 is 17.5 Å². The number of benzene rings is 2. The molecule has 2 aromatic carbocycles. The number of hydrogen-bond donors (Lipinski definition) is 1. The molecule has 0 spiro atoms. The van der Waals surface area contributed by atoms with Crippen molar-refractivity contribution in [1.29, 1.82) is 0 Å². The number of aryl methyl sites for hydroxylation is 1. The van der Waals surface area contributed by atoms with Gasteiger partial charge in [-0.1, -0.05) is 24.3 Å². The summed E-state index contributed by atoms with van der Waals surface area (Å²) in [5.74, 6) is -0.779. The summed E-state index contributed by atoms with van der Waals surface area (Å²) < 4.78 is 20.0. The van der Waals surface area contributed by atoms with Crippen LogP contribution in [-0.4, -0.2) is 23.3 Å². The first-order chi connectivity index (χ1) is 15.5. The smallest absolute Gasteiger partial charge is 0.227 e. The Hall–Kier alpha value is -3.74. The third kappa shape index (κ3) is 5.11. The molecule has 0 radical (unpaired) electrons. The maximum Gasteiger partial charge on any atom is 0.227 e. The molecular weight excluding hydrogens is 409 g/mol. The quantitative estimate of drug-likeness (QED) is 0.616. The number of aromatic nitrogens is 1. The second-order valence-corrected chi connectivity index (χ2v) is 7.84. The molecule has 6 nitrogen and oxygen atoms in total. The van der Waals surface area contributed by atoms with Crippen molar-refractivity contribution in [3.63, 3.8) is 0 Å². The number of carbonyl (C=O) groups is 2. The van der Waals surface area contributed by atoms with Crippen molar-refractivity contribution in [3.8, 4) is 5.75 Å². The fraction of sp³-hybridized carbons (Fsp3) is 0.240. The largest absolute Gasteiger partial charge is 0.487 e. The summed E-state index contributed by atoms with van der Waals surface area (Å²) in [6.07, 6.45) is 1.78. The fourth-order valence-corrected chi connectivity index (χ4v) is 3.67. The lowest BCUT2D eigenvalue weighted by Crippen LogP contribution is -2.32.